The van der Waals surface area contributed by atoms with Gasteiger partial charge in [-0.05, 0) is 26.7 Å². The minimum atomic E-state index is -0.968. The highest BCUT2D eigenvalue weighted by molar-refractivity contribution is 7.84. The van der Waals surface area contributed by atoms with Crippen molar-refractivity contribution >= 4 is 11.0 Å². The van der Waals surface area contributed by atoms with Crippen molar-refractivity contribution in [3.63, 3.8) is 0 Å². The highest BCUT2D eigenvalue weighted by Crippen LogP contribution is 2.38. The largest absolute Gasteiger partial charge is 0.242 e. The SMILES string of the molecule is C#C[C@@H]1[C@@H](C(C)C)N1[S@](=O)C(C)(C)C. The Labute approximate surface area is 89.7 Å². The fraction of sp³-hybridized carbons (Fsp3) is 0.818. The van der Waals surface area contributed by atoms with E-state index in [1.54, 1.807) is 0 Å². The summed E-state index contributed by atoms with van der Waals surface area (Å²) in [5, 5.41) is 0. The van der Waals surface area contributed by atoms with Crippen LogP contribution in [0.3, 0.4) is 0 Å². The molecule has 1 heterocycles. The second kappa shape index (κ2) is 3.67. The molecule has 1 saturated heterocycles. The minimum Gasteiger partial charge on any atom is -0.242 e. The number of terminal acetylenes is 1. The summed E-state index contributed by atoms with van der Waals surface area (Å²) in [5.41, 5.74) is 0. The Morgan fingerprint density at radius 1 is 1.43 bits per heavy atom. The molecule has 0 bridgehead atoms. The van der Waals surface area contributed by atoms with E-state index in [0.29, 0.717) is 12.0 Å². The lowest BCUT2D eigenvalue weighted by atomic mass is 10.1. The van der Waals surface area contributed by atoms with Gasteiger partial charge >= 0.3 is 0 Å². The van der Waals surface area contributed by atoms with Gasteiger partial charge in [-0.15, -0.1) is 6.42 Å². The van der Waals surface area contributed by atoms with Crippen molar-refractivity contribution in [1.82, 2.24) is 4.31 Å². The topological polar surface area (TPSA) is 20.1 Å². The predicted octanol–water partition coefficient (Wildman–Crippen LogP) is 1.79. The van der Waals surface area contributed by atoms with E-state index < -0.39 is 11.0 Å². The highest BCUT2D eigenvalue weighted by Gasteiger charge is 2.54. The lowest BCUT2D eigenvalue weighted by molar-refractivity contribution is 0.547. The number of hydrogen-bond acceptors (Lipinski definition) is 1. The Bertz CT molecular complexity index is 285. The molecule has 1 fully saturated rings. The second-order valence-electron chi connectivity index (χ2n) is 5.07. The molecule has 3 heteroatoms. The van der Waals surface area contributed by atoms with Crippen molar-refractivity contribution in [2.45, 2.75) is 51.4 Å². The highest BCUT2D eigenvalue weighted by atomic mass is 32.2. The van der Waals surface area contributed by atoms with Gasteiger partial charge in [0.25, 0.3) is 0 Å². The lowest BCUT2D eigenvalue weighted by Crippen LogP contribution is -2.29. The summed E-state index contributed by atoms with van der Waals surface area (Å²) in [4.78, 5) is 0. The quantitative estimate of drug-likeness (QED) is 0.506. The van der Waals surface area contributed by atoms with E-state index >= 15 is 0 Å². The number of hydrogen-bond donors (Lipinski definition) is 0. The van der Waals surface area contributed by atoms with Crippen LogP contribution in [0.2, 0.25) is 0 Å². The average molecular weight is 213 g/mol. The van der Waals surface area contributed by atoms with Gasteiger partial charge in [-0.3, -0.25) is 0 Å². The van der Waals surface area contributed by atoms with Gasteiger partial charge in [-0.25, -0.2) is 8.51 Å². The minimum absolute atomic E-state index is 0.0788. The molecule has 1 unspecified atom stereocenters. The second-order valence-corrected chi connectivity index (χ2v) is 7.21. The summed E-state index contributed by atoms with van der Waals surface area (Å²) in [6.45, 7) is 10.2. The van der Waals surface area contributed by atoms with Gasteiger partial charge in [0.05, 0.1) is 10.8 Å². The van der Waals surface area contributed by atoms with Crippen LogP contribution in [0.1, 0.15) is 34.6 Å². The zero-order chi connectivity index (χ0) is 11.1. The van der Waals surface area contributed by atoms with E-state index in [1.165, 1.54) is 0 Å². The molecule has 80 valence electrons. The normalized spacial score (nSPS) is 33.9. The summed E-state index contributed by atoms with van der Waals surface area (Å²) in [6, 6.07) is 0.384. The molecule has 0 saturated carbocycles. The molecule has 0 amide bonds. The van der Waals surface area contributed by atoms with Crippen molar-refractivity contribution in [2.75, 3.05) is 0 Å². The van der Waals surface area contributed by atoms with E-state index in [4.69, 9.17) is 6.42 Å². The Morgan fingerprint density at radius 3 is 2.14 bits per heavy atom. The van der Waals surface area contributed by atoms with Crippen LogP contribution in [-0.4, -0.2) is 25.3 Å². The zero-order valence-corrected chi connectivity index (χ0v) is 10.4. The molecule has 0 aromatic heterocycles. The van der Waals surface area contributed by atoms with Crippen molar-refractivity contribution in [3.8, 4) is 12.3 Å². The molecule has 0 N–H and O–H groups in total. The number of nitrogens with zero attached hydrogens (tertiary/aromatic N) is 1. The Hall–Kier alpha value is -0.330. The van der Waals surface area contributed by atoms with Crippen LogP contribution in [0.4, 0.5) is 0 Å². The van der Waals surface area contributed by atoms with Crippen molar-refractivity contribution in [1.29, 1.82) is 0 Å². The molecular weight excluding hydrogens is 194 g/mol. The third kappa shape index (κ3) is 2.02. The van der Waals surface area contributed by atoms with Crippen molar-refractivity contribution < 1.29 is 4.21 Å². The summed E-state index contributed by atoms with van der Waals surface area (Å²) >= 11 is 0. The van der Waals surface area contributed by atoms with E-state index in [-0.39, 0.29) is 10.8 Å². The molecule has 0 aromatic carbocycles. The molecular formula is C11H19NOS. The van der Waals surface area contributed by atoms with Gasteiger partial charge in [0.15, 0.2) is 0 Å². The summed E-state index contributed by atoms with van der Waals surface area (Å²) in [5.74, 6) is 3.18. The molecule has 0 spiro atoms. The Morgan fingerprint density at radius 2 is 1.93 bits per heavy atom. The van der Waals surface area contributed by atoms with Crippen LogP contribution in [0.25, 0.3) is 0 Å². The first kappa shape index (κ1) is 11.7. The third-order valence-electron chi connectivity index (χ3n) is 2.37. The maximum absolute atomic E-state index is 12.1. The molecule has 0 aromatic rings. The zero-order valence-electron chi connectivity index (χ0n) is 9.57. The Kier molecular flexibility index (Phi) is 3.08. The van der Waals surface area contributed by atoms with Crippen LogP contribution >= 0.6 is 0 Å². The van der Waals surface area contributed by atoms with Crippen LogP contribution in [0, 0.1) is 18.3 Å². The van der Waals surface area contributed by atoms with Gasteiger partial charge in [-0.2, -0.15) is 0 Å². The predicted molar refractivity (Wildman–Crippen MR) is 61.0 cm³/mol. The number of rotatable bonds is 2. The lowest BCUT2D eigenvalue weighted by Gasteiger charge is -2.19. The molecule has 1 aliphatic heterocycles. The summed E-state index contributed by atoms with van der Waals surface area (Å²) in [7, 11) is -0.968. The van der Waals surface area contributed by atoms with Crippen LogP contribution in [0.15, 0.2) is 0 Å². The Balaban J connectivity index is 2.74. The molecule has 0 aliphatic carbocycles. The molecule has 1 rings (SSSR count). The van der Waals surface area contributed by atoms with Crippen molar-refractivity contribution in [2.24, 2.45) is 5.92 Å². The summed E-state index contributed by atoms with van der Waals surface area (Å²) < 4.78 is 13.8. The van der Waals surface area contributed by atoms with Gasteiger partial charge in [0.2, 0.25) is 0 Å². The fourth-order valence-corrected chi connectivity index (χ4v) is 3.14. The van der Waals surface area contributed by atoms with Crippen LogP contribution < -0.4 is 0 Å². The molecule has 4 atom stereocenters. The maximum atomic E-state index is 12.1. The van der Waals surface area contributed by atoms with E-state index in [0.717, 1.165) is 0 Å². The molecule has 0 radical (unpaired) electrons. The maximum Gasteiger partial charge on any atom is 0.101 e. The monoisotopic (exact) mass is 213 g/mol. The van der Waals surface area contributed by atoms with Gasteiger partial charge in [-0.1, -0.05) is 19.8 Å². The molecule has 2 nitrogen and oxygen atoms in total. The first-order chi connectivity index (χ1) is 6.30. The average Bonchev–Trinajstić information content (AvgIpc) is 2.74. The first-order valence-corrected chi connectivity index (χ1v) is 6.08. The van der Waals surface area contributed by atoms with Gasteiger partial charge < -0.3 is 0 Å². The van der Waals surface area contributed by atoms with E-state index in [1.807, 2.05) is 25.1 Å². The molecule has 1 aliphatic rings. The van der Waals surface area contributed by atoms with Gasteiger partial charge in [0, 0.05) is 0 Å². The van der Waals surface area contributed by atoms with E-state index in [2.05, 4.69) is 19.8 Å². The van der Waals surface area contributed by atoms with Gasteiger partial charge in [0.1, 0.15) is 17.0 Å². The van der Waals surface area contributed by atoms with Crippen molar-refractivity contribution in [3.05, 3.63) is 0 Å². The smallest absolute Gasteiger partial charge is 0.101 e. The summed E-state index contributed by atoms with van der Waals surface area (Å²) in [6.07, 6.45) is 5.41. The standard InChI is InChI=1S/C11H19NOS/c1-7-9-10(8(2)3)12(9)14(13)11(4,5)6/h1,8-10H,2-6H3/t9-,10-,12?,14-/m1/s1. The fourth-order valence-electron chi connectivity index (χ4n) is 1.59. The van der Waals surface area contributed by atoms with E-state index in [9.17, 15) is 4.21 Å². The van der Waals surface area contributed by atoms with Crippen LogP contribution in [0.5, 0.6) is 0 Å². The third-order valence-corrected chi connectivity index (χ3v) is 4.27. The molecule has 14 heavy (non-hydrogen) atoms. The van der Waals surface area contributed by atoms with Crippen LogP contribution in [-0.2, 0) is 11.0 Å². The first-order valence-electron chi connectivity index (χ1n) is 4.97.